The number of hydrogen-bond donors (Lipinski definition) is 3. The van der Waals surface area contributed by atoms with Crippen molar-refractivity contribution in [3.63, 3.8) is 0 Å². The van der Waals surface area contributed by atoms with E-state index in [0.717, 1.165) is 0 Å². The zero-order valence-electron chi connectivity index (χ0n) is 20.3. The lowest BCUT2D eigenvalue weighted by Crippen LogP contribution is -2.33. The average Bonchev–Trinajstić information content (AvgIpc) is 3.38. The van der Waals surface area contributed by atoms with Gasteiger partial charge in [0.25, 0.3) is 5.91 Å². The summed E-state index contributed by atoms with van der Waals surface area (Å²) in [6, 6.07) is 12.8. The predicted octanol–water partition coefficient (Wildman–Crippen LogP) is 3.60. The third kappa shape index (κ3) is 6.31. The van der Waals surface area contributed by atoms with Crippen molar-refractivity contribution >= 4 is 23.3 Å². The van der Waals surface area contributed by atoms with E-state index in [4.69, 9.17) is 14.3 Å². The summed E-state index contributed by atoms with van der Waals surface area (Å²) >= 11 is 0. The van der Waals surface area contributed by atoms with Gasteiger partial charge in [0.2, 0.25) is 0 Å². The van der Waals surface area contributed by atoms with Gasteiger partial charge in [-0.3, -0.25) is 9.78 Å². The topological polar surface area (TPSA) is 123 Å². The molecule has 0 spiro atoms. The van der Waals surface area contributed by atoms with Crippen LogP contribution in [-0.4, -0.2) is 56.0 Å². The van der Waals surface area contributed by atoms with Crippen LogP contribution in [0.2, 0.25) is 0 Å². The normalized spacial score (nSPS) is 14.2. The lowest BCUT2D eigenvalue weighted by molar-refractivity contribution is 0.0472. The molecule has 2 heterocycles. The van der Waals surface area contributed by atoms with Gasteiger partial charge in [-0.1, -0.05) is 29.4 Å². The Bertz CT molecular complexity index is 1320. The second-order valence-electron chi connectivity index (χ2n) is 8.05. The Kier molecular flexibility index (Phi) is 8.14. The van der Waals surface area contributed by atoms with E-state index in [1.807, 2.05) is 12.1 Å². The number of hydrogen-bond acceptors (Lipinski definition) is 7. The van der Waals surface area contributed by atoms with Gasteiger partial charge < -0.3 is 30.3 Å². The van der Waals surface area contributed by atoms with Crippen molar-refractivity contribution in [1.29, 1.82) is 0 Å². The standard InChI is InChI=1S/C26H26FN5O5/c1-28-25(33)20-8-7-16(11-21(20)27)19-5-3-4-6-23(19)36-15-18-12-17(32-37-18)13-30-26(34)31-22-9-10-29-14-24(22)35-2/h3-11,14,18H,12-13,15H2,1-2H3,(H,28,33)(H2,29,30,31,34)/t18-/m1/s1. The van der Waals surface area contributed by atoms with Gasteiger partial charge in [-0.25, -0.2) is 9.18 Å². The maximum Gasteiger partial charge on any atom is 0.319 e. The molecule has 4 rings (SSSR count). The van der Waals surface area contributed by atoms with Gasteiger partial charge in [0, 0.05) is 25.2 Å². The Morgan fingerprint density at radius 1 is 1.16 bits per heavy atom. The zero-order valence-corrected chi connectivity index (χ0v) is 20.3. The van der Waals surface area contributed by atoms with Crippen LogP contribution in [0.4, 0.5) is 14.9 Å². The van der Waals surface area contributed by atoms with E-state index in [-0.39, 0.29) is 24.8 Å². The van der Waals surface area contributed by atoms with Crippen LogP contribution >= 0.6 is 0 Å². The predicted molar refractivity (Wildman–Crippen MR) is 135 cm³/mol. The van der Waals surface area contributed by atoms with Gasteiger partial charge in [0.05, 0.1) is 36.8 Å². The SMILES string of the molecule is CNC(=O)c1ccc(-c2ccccc2OC[C@H]2CC(CNC(=O)Nc3ccncc3OC)=NO2)cc1F. The number of ether oxygens (including phenoxy) is 2. The van der Waals surface area contributed by atoms with Gasteiger partial charge in [-0.2, -0.15) is 0 Å². The van der Waals surface area contributed by atoms with E-state index < -0.39 is 17.8 Å². The quantitative estimate of drug-likeness (QED) is 0.407. The fourth-order valence-corrected chi connectivity index (χ4v) is 3.69. The summed E-state index contributed by atoms with van der Waals surface area (Å²) in [6.07, 6.45) is 3.17. The Labute approximate surface area is 212 Å². The van der Waals surface area contributed by atoms with Crippen LogP contribution in [-0.2, 0) is 4.84 Å². The molecule has 1 aromatic heterocycles. The molecule has 0 radical (unpaired) electrons. The number of halogens is 1. The summed E-state index contributed by atoms with van der Waals surface area (Å²) in [7, 11) is 2.94. The summed E-state index contributed by atoms with van der Waals surface area (Å²) in [5, 5.41) is 11.9. The zero-order chi connectivity index (χ0) is 26.2. The van der Waals surface area contributed by atoms with Crippen molar-refractivity contribution in [3.8, 4) is 22.6 Å². The second kappa shape index (κ2) is 11.8. The number of pyridine rings is 1. The van der Waals surface area contributed by atoms with E-state index in [1.54, 1.807) is 30.5 Å². The van der Waals surface area contributed by atoms with Crippen molar-refractivity contribution in [3.05, 3.63) is 72.3 Å². The fraction of sp³-hybridized carbons (Fsp3) is 0.231. The number of carbonyl (C=O) groups excluding carboxylic acids is 2. The minimum Gasteiger partial charge on any atom is -0.493 e. The molecule has 0 aliphatic carbocycles. The molecule has 2 aromatic carbocycles. The molecule has 3 amide bonds. The van der Waals surface area contributed by atoms with E-state index in [2.05, 4.69) is 26.1 Å². The molecule has 192 valence electrons. The Morgan fingerprint density at radius 2 is 2.00 bits per heavy atom. The first-order valence-electron chi connectivity index (χ1n) is 11.5. The number of nitrogens with zero attached hydrogens (tertiary/aromatic N) is 2. The summed E-state index contributed by atoms with van der Waals surface area (Å²) < 4.78 is 25.6. The molecule has 1 aliphatic heterocycles. The van der Waals surface area contributed by atoms with Gasteiger partial charge in [-0.05, 0) is 29.8 Å². The minimum absolute atomic E-state index is 0.0316. The van der Waals surface area contributed by atoms with Crippen LogP contribution in [0.15, 0.2) is 66.1 Å². The van der Waals surface area contributed by atoms with Gasteiger partial charge in [0.1, 0.15) is 18.2 Å². The number of amides is 3. The highest BCUT2D eigenvalue weighted by Gasteiger charge is 2.23. The molecule has 37 heavy (non-hydrogen) atoms. The Morgan fingerprint density at radius 3 is 2.78 bits per heavy atom. The molecular weight excluding hydrogens is 481 g/mol. The maximum absolute atomic E-state index is 14.5. The highest BCUT2D eigenvalue weighted by atomic mass is 19.1. The molecular formula is C26H26FN5O5. The average molecular weight is 508 g/mol. The van der Waals surface area contributed by atoms with Gasteiger partial charge >= 0.3 is 6.03 Å². The molecule has 1 aliphatic rings. The van der Waals surface area contributed by atoms with Crippen molar-refractivity contribution in [1.82, 2.24) is 15.6 Å². The molecule has 0 fully saturated rings. The number of methoxy groups -OCH3 is 1. The number of para-hydroxylation sites is 1. The van der Waals surface area contributed by atoms with E-state index >= 15 is 0 Å². The minimum atomic E-state index is -0.622. The van der Waals surface area contributed by atoms with Crippen LogP contribution in [0.3, 0.4) is 0 Å². The number of nitrogens with one attached hydrogen (secondary N) is 3. The van der Waals surface area contributed by atoms with Crippen molar-refractivity contribution in [2.75, 3.05) is 32.6 Å². The lowest BCUT2D eigenvalue weighted by Gasteiger charge is -2.15. The maximum atomic E-state index is 14.5. The van der Waals surface area contributed by atoms with Crippen LogP contribution < -0.4 is 25.4 Å². The third-order valence-corrected chi connectivity index (χ3v) is 5.56. The fourth-order valence-electron chi connectivity index (χ4n) is 3.69. The van der Waals surface area contributed by atoms with Crippen LogP contribution in [0.5, 0.6) is 11.5 Å². The number of aromatic nitrogens is 1. The van der Waals surface area contributed by atoms with E-state index in [1.165, 1.54) is 32.5 Å². The number of rotatable bonds is 9. The second-order valence-corrected chi connectivity index (χ2v) is 8.05. The molecule has 11 heteroatoms. The highest BCUT2D eigenvalue weighted by Crippen LogP contribution is 2.31. The number of oxime groups is 1. The molecule has 0 bridgehead atoms. The molecule has 3 aromatic rings. The summed E-state index contributed by atoms with van der Waals surface area (Å²) in [5.74, 6) is -0.133. The largest absolute Gasteiger partial charge is 0.493 e. The lowest BCUT2D eigenvalue weighted by atomic mass is 10.0. The van der Waals surface area contributed by atoms with Gasteiger partial charge in [-0.15, -0.1) is 0 Å². The molecule has 1 atom stereocenters. The molecule has 3 N–H and O–H groups in total. The number of carbonyl (C=O) groups is 2. The Balaban J connectivity index is 1.29. The first kappa shape index (κ1) is 25.4. The number of benzene rings is 2. The number of anilines is 1. The molecule has 10 nitrogen and oxygen atoms in total. The van der Waals surface area contributed by atoms with Crippen LogP contribution in [0, 0.1) is 5.82 Å². The van der Waals surface area contributed by atoms with E-state index in [9.17, 15) is 14.0 Å². The van der Waals surface area contributed by atoms with Crippen molar-refractivity contribution in [2.24, 2.45) is 5.16 Å². The summed E-state index contributed by atoms with van der Waals surface area (Å²) in [6.45, 7) is 0.395. The number of urea groups is 1. The summed E-state index contributed by atoms with van der Waals surface area (Å²) in [4.78, 5) is 33.4. The monoisotopic (exact) mass is 507 g/mol. The molecule has 0 saturated heterocycles. The smallest absolute Gasteiger partial charge is 0.319 e. The van der Waals surface area contributed by atoms with Crippen molar-refractivity contribution < 1.29 is 28.3 Å². The van der Waals surface area contributed by atoms with E-state index in [0.29, 0.717) is 40.4 Å². The third-order valence-electron chi connectivity index (χ3n) is 5.56. The molecule has 0 unspecified atom stereocenters. The molecule has 0 saturated carbocycles. The van der Waals surface area contributed by atoms with Crippen LogP contribution in [0.25, 0.3) is 11.1 Å². The first-order valence-corrected chi connectivity index (χ1v) is 11.5. The van der Waals surface area contributed by atoms with Crippen LogP contribution in [0.1, 0.15) is 16.8 Å². The van der Waals surface area contributed by atoms with Crippen molar-refractivity contribution in [2.45, 2.75) is 12.5 Å². The summed E-state index contributed by atoms with van der Waals surface area (Å²) in [5.41, 5.74) is 2.37. The Hall–Kier alpha value is -4.67. The highest BCUT2D eigenvalue weighted by molar-refractivity contribution is 5.96. The van der Waals surface area contributed by atoms with Gasteiger partial charge in [0.15, 0.2) is 11.9 Å². The first-order chi connectivity index (χ1) is 18.0.